The number of anilines is 1. The van der Waals surface area contributed by atoms with Gasteiger partial charge in [0, 0.05) is 19.6 Å². The second kappa shape index (κ2) is 6.53. The van der Waals surface area contributed by atoms with Crippen LogP contribution in [0.3, 0.4) is 0 Å². The van der Waals surface area contributed by atoms with Crippen LogP contribution in [-0.2, 0) is 6.54 Å². The minimum Gasteiger partial charge on any atom is -0.366 e. The highest BCUT2D eigenvalue weighted by Crippen LogP contribution is 2.32. The Bertz CT molecular complexity index is 429. The monoisotopic (exact) mass is 282 g/mol. The first kappa shape index (κ1) is 15.2. The second-order valence-corrected chi connectivity index (χ2v) is 5.94. The molecule has 0 spiro atoms. The molecule has 2 unspecified atom stereocenters. The van der Waals surface area contributed by atoms with Crippen molar-refractivity contribution in [2.45, 2.75) is 33.7 Å². The molecule has 1 saturated heterocycles. The van der Waals surface area contributed by atoms with Gasteiger partial charge in [0.05, 0.1) is 0 Å². The molecule has 20 heavy (non-hydrogen) atoms. The highest BCUT2D eigenvalue weighted by Gasteiger charge is 2.29. The standard InChI is InChI=1S/C16H24F2N2/c1-4-5-19-8-13-6-14(17)16(15(18)7-13)20-9-11(2)12(3)10-20/h6-7,11-12,19H,4-5,8-10H2,1-3H3. The van der Waals surface area contributed by atoms with E-state index in [4.69, 9.17) is 0 Å². The highest BCUT2D eigenvalue weighted by molar-refractivity contribution is 5.51. The van der Waals surface area contributed by atoms with Crippen LogP contribution in [0, 0.1) is 23.5 Å². The molecule has 1 aliphatic heterocycles. The maximum absolute atomic E-state index is 14.2. The van der Waals surface area contributed by atoms with E-state index in [0.717, 1.165) is 26.1 Å². The summed E-state index contributed by atoms with van der Waals surface area (Å²) in [5.74, 6) is 0.0543. The van der Waals surface area contributed by atoms with Gasteiger partial charge in [-0.3, -0.25) is 0 Å². The normalized spacial score (nSPS) is 22.6. The molecule has 2 atom stereocenters. The molecule has 4 heteroatoms. The fraction of sp³-hybridized carbons (Fsp3) is 0.625. The molecular weight excluding hydrogens is 258 g/mol. The first-order chi connectivity index (χ1) is 9.52. The largest absolute Gasteiger partial charge is 0.366 e. The van der Waals surface area contributed by atoms with Gasteiger partial charge in [0.15, 0.2) is 0 Å². The lowest BCUT2D eigenvalue weighted by Crippen LogP contribution is -2.23. The molecule has 1 aromatic carbocycles. The maximum Gasteiger partial charge on any atom is 0.149 e. The van der Waals surface area contributed by atoms with Gasteiger partial charge in [-0.1, -0.05) is 20.8 Å². The van der Waals surface area contributed by atoms with E-state index in [9.17, 15) is 8.78 Å². The van der Waals surface area contributed by atoms with Gasteiger partial charge < -0.3 is 10.2 Å². The topological polar surface area (TPSA) is 15.3 Å². The number of nitrogens with one attached hydrogen (secondary N) is 1. The molecule has 1 heterocycles. The molecule has 0 bridgehead atoms. The number of hydrogen-bond donors (Lipinski definition) is 1. The van der Waals surface area contributed by atoms with E-state index in [-0.39, 0.29) is 5.69 Å². The van der Waals surface area contributed by atoms with Gasteiger partial charge in [0.2, 0.25) is 0 Å². The van der Waals surface area contributed by atoms with Crippen LogP contribution in [0.25, 0.3) is 0 Å². The van der Waals surface area contributed by atoms with Crippen LogP contribution in [0.5, 0.6) is 0 Å². The van der Waals surface area contributed by atoms with E-state index in [1.165, 1.54) is 12.1 Å². The van der Waals surface area contributed by atoms with Gasteiger partial charge in [-0.25, -0.2) is 8.78 Å². The summed E-state index contributed by atoms with van der Waals surface area (Å²) in [6, 6.07) is 2.91. The molecule has 1 aromatic rings. The number of hydrogen-bond acceptors (Lipinski definition) is 2. The van der Waals surface area contributed by atoms with Crippen molar-refractivity contribution >= 4 is 5.69 Å². The Labute approximate surface area is 120 Å². The zero-order chi connectivity index (χ0) is 14.7. The van der Waals surface area contributed by atoms with Crippen molar-refractivity contribution in [3.05, 3.63) is 29.3 Å². The molecule has 0 radical (unpaired) electrons. The van der Waals surface area contributed by atoms with E-state index in [1.54, 1.807) is 0 Å². The van der Waals surface area contributed by atoms with Gasteiger partial charge in [0.25, 0.3) is 0 Å². The Morgan fingerprint density at radius 2 is 1.70 bits per heavy atom. The highest BCUT2D eigenvalue weighted by atomic mass is 19.1. The fourth-order valence-corrected chi connectivity index (χ4v) is 2.74. The van der Waals surface area contributed by atoms with Crippen LogP contribution >= 0.6 is 0 Å². The lowest BCUT2D eigenvalue weighted by atomic mass is 10.0. The van der Waals surface area contributed by atoms with Crippen molar-refractivity contribution < 1.29 is 8.78 Å². The maximum atomic E-state index is 14.2. The molecule has 1 aliphatic rings. The summed E-state index contributed by atoms with van der Waals surface area (Å²) in [7, 11) is 0. The molecule has 2 rings (SSSR count). The Morgan fingerprint density at radius 3 is 2.20 bits per heavy atom. The Kier molecular flexibility index (Phi) is 4.97. The lowest BCUT2D eigenvalue weighted by molar-refractivity contribution is 0.494. The molecule has 112 valence electrons. The summed E-state index contributed by atoms with van der Waals surface area (Å²) in [6.45, 7) is 9.13. The molecule has 1 N–H and O–H groups in total. The van der Waals surface area contributed by atoms with E-state index in [2.05, 4.69) is 26.1 Å². The van der Waals surface area contributed by atoms with Crippen LogP contribution in [0.1, 0.15) is 32.8 Å². The summed E-state index contributed by atoms with van der Waals surface area (Å²) in [5.41, 5.74) is 0.804. The zero-order valence-corrected chi connectivity index (χ0v) is 12.5. The fourth-order valence-electron chi connectivity index (χ4n) is 2.74. The van der Waals surface area contributed by atoms with Gasteiger partial charge in [-0.15, -0.1) is 0 Å². The van der Waals surface area contributed by atoms with Crippen molar-refractivity contribution in [1.29, 1.82) is 0 Å². The quantitative estimate of drug-likeness (QED) is 0.831. The summed E-state index contributed by atoms with van der Waals surface area (Å²) < 4.78 is 28.4. The molecular formula is C16H24F2N2. The van der Waals surface area contributed by atoms with Crippen LogP contribution in [0.15, 0.2) is 12.1 Å². The van der Waals surface area contributed by atoms with Gasteiger partial charge in [-0.2, -0.15) is 0 Å². The molecule has 2 nitrogen and oxygen atoms in total. The van der Waals surface area contributed by atoms with E-state index in [1.807, 2.05) is 4.90 Å². The van der Waals surface area contributed by atoms with Crippen molar-refractivity contribution in [2.24, 2.45) is 11.8 Å². The van der Waals surface area contributed by atoms with Crippen LogP contribution in [-0.4, -0.2) is 19.6 Å². The predicted molar refractivity (Wildman–Crippen MR) is 78.9 cm³/mol. The Hall–Kier alpha value is -1.16. The SMILES string of the molecule is CCCNCc1cc(F)c(N2CC(C)C(C)C2)c(F)c1. The first-order valence-electron chi connectivity index (χ1n) is 7.46. The average molecular weight is 282 g/mol. The Morgan fingerprint density at radius 1 is 1.15 bits per heavy atom. The third-order valence-electron chi connectivity index (χ3n) is 4.14. The number of rotatable bonds is 5. The third-order valence-corrected chi connectivity index (χ3v) is 4.14. The zero-order valence-electron chi connectivity index (χ0n) is 12.5. The number of nitrogens with zero attached hydrogens (tertiary/aromatic N) is 1. The summed E-state index contributed by atoms with van der Waals surface area (Å²) in [5, 5.41) is 3.16. The number of benzene rings is 1. The van der Waals surface area contributed by atoms with Gasteiger partial charge in [0.1, 0.15) is 17.3 Å². The van der Waals surface area contributed by atoms with E-state index in [0.29, 0.717) is 23.9 Å². The van der Waals surface area contributed by atoms with Crippen molar-refractivity contribution in [2.75, 3.05) is 24.5 Å². The molecule has 1 fully saturated rings. The van der Waals surface area contributed by atoms with Crippen LogP contribution < -0.4 is 10.2 Å². The molecule has 0 aromatic heterocycles. The van der Waals surface area contributed by atoms with Crippen molar-refractivity contribution in [1.82, 2.24) is 5.32 Å². The summed E-state index contributed by atoms with van der Waals surface area (Å²) in [4.78, 5) is 1.84. The molecule has 0 amide bonds. The minimum atomic E-state index is -0.445. The van der Waals surface area contributed by atoms with Crippen LogP contribution in [0.2, 0.25) is 0 Å². The first-order valence-corrected chi connectivity index (χ1v) is 7.46. The molecule has 0 saturated carbocycles. The van der Waals surface area contributed by atoms with Gasteiger partial charge >= 0.3 is 0 Å². The molecule has 0 aliphatic carbocycles. The number of halogens is 2. The van der Waals surface area contributed by atoms with Crippen LogP contribution in [0.4, 0.5) is 14.5 Å². The van der Waals surface area contributed by atoms with Gasteiger partial charge in [-0.05, 0) is 42.5 Å². The lowest BCUT2D eigenvalue weighted by Gasteiger charge is -2.20. The second-order valence-electron chi connectivity index (χ2n) is 5.94. The summed E-state index contributed by atoms with van der Waals surface area (Å²) >= 11 is 0. The van der Waals surface area contributed by atoms with E-state index >= 15 is 0 Å². The van der Waals surface area contributed by atoms with Crippen molar-refractivity contribution in [3.8, 4) is 0 Å². The Balaban J connectivity index is 2.15. The average Bonchev–Trinajstić information content (AvgIpc) is 2.68. The third kappa shape index (κ3) is 3.29. The predicted octanol–water partition coefficient (Wildman–Crippen LogP) is 3.56. The smallest absolute Gasteiger partial charge is 0.149 e. The minimum absolute atomic E-state index is 0.139. The van der Waals surface area contributed by atoms with Crippen molar-refractivity contribution in [3.63, 3.8) is 0 Å². The summed E-state index contributed by atoms with van der Waals surface area (Å²) in [6.07, 6.45) is 1.01. The van der Waals surface area contributed by atoms with E-state index < -0.39 is 11.6 Å².